The van der Waals surface area contributed by atoms with Crippen molar-refractivity contribution in [2.24, 2.45) is 17.1 Å². The van der Waals surface area contributed by atoms with Crippen molar-refractivity contribution in [2.45, 2.75) is 33.6 Å². The van der Waals surface area contributed by atoms with E-state index in [9.17, 15) is 19.2 Å². The van der Waals surface area contributed by atoms with Crippen LogP contribution in [0.4, 0.5) is 5.69 Å². The van der Waals surface area contributed by atoms with Gasteiger partial charge in [0.1, 0.15) is 17.3 Å². The number of anilines is 1. The first-order chi connectivity index (χ1) is 21.8. The topological polar surface area (TPSA) is 183 Å². The number of rotatable bonds is 12. The van der Waals surface area contributed by atoms with Gasteiger partial charge in [-0.15, -0.1) is 0 Å². The Morgan fingerprint density at radius 1 is 1.02 bits per heavy atom. The van der Waals surface area contributed by atoms with Gasteiger partial charge >= 0.3 is 11.9 Å². The second kappa shape index (κ2) is 14.1. The number of aromatic nitrogens is 1. The van der Waals surface area contributed by atoms with E-state index < -0.39 is 36.0 Å². The summed E-state index contributed by atoms with van der Waals surface area (Å²) in [5.74, 6) is -1.92. The minimum atomic E-state index is -0.980. The Bertz CT molecular complexity index is 1690. The predicted octanol–water partition coefficient (Wildman–Crippen LogP) is 4.78. The molecule has 2 amide bonds. The number of hydrogen-bond donors (Lipinski definition) is 4. The first-order valence-corrected chi connectivity index (χ1v) is 14.6. The lowest BCUT2D eigenvalue weighted by atomic mass is 9.94. The number of pyridine rings is 1. The molecule has 1 aromatic heterocycles. The minimum absolute atomic E-state index is 0.0331. The fraction of sp³-hybridized carbons (Fsp3) is 0.294. The van der Waals surface area contributed by atoms with Gasteiger partial charge < -0.3 is 30.6 Å². The number of nitrogens with one attached hydrogen (secondary N) is 3. The molecule has 1 saturated carbocycles. The lowest BCUT2D eigenvalue weighted by Gasteiger charge is -2.18. The standard InChI is InChI=1S/C34H37N5O7/c1-6-20-15-25(30(40)38-22-11-9-21(10-12-22)29(35)36)24(16-27(20)44-5)23-13-14-26(31(41)37-17-19-7-8-19)39-28(23)32(42)45-18-46-33(43)34(2,3)4/h6,9-16,19H,1,7-8,17-18H2,2-5H3,(H3,35,36)(H,37,41)(H,38,40). The molecule has 0 bridgehead atoms. The minimum Gasteiger partial charge on any atom is -0.496 e. The van der Waals surface area contributed by atoms with E-state index in [4.69, 9.17) is 25.4 Å². The number of carbonyl (C=O) groups is 4. The number of nitrogen functional groups attached to an aromatic ring is 1. The summed E-state index contributed by atoms with van der Waals surface area (Å²) in [5, 5.41) is 13.2. The van der Waals surface area contributed by atoms with Crippen LogP contribution in [0.1, 0.15) is 76.1 Å². The first-order valence-electron chi connectivity index (χ1n) is 14.6. The zero-order valence-corrected chi connectivity index (χ0v) is 26.2. The summed E-state index contributed by atoms with van der Waals surface area (Å²) in [6.07, 6.45) is 3.59. The summed E-state index contributed by atoms with van der Waals surface area (Å²) in [7, 11) is 1.45. The zero-order valence-electron chi connectivity index (χ0n) is 26.2. The zero-order chi connectivity index (χ0) is 33.6. The number of amidine groups is 1. The summed E-state index contributed by atoms with van der Waals surface area (Å²) in [6.45, 7) is 8.59. The van der Waals surface area contributed by atoms with Crippen LogP contribution < -0.4 is 21.1 Å². The maximum atomic E-state index is 13.7. The molecule has 1 aliphatic rings. The molecule has 2 aromatic carbocycles. The molecular weight excluding hydrogens is 590 g/mol. The Labute approximate surface area is 266 Å². The molecule has 0 radical (unpaired) electrons. The largest absolute Gasteiger partial charge is 0.496 e. The molecule has 12 heteroatoms. The summed E-state index contributed by atoms with van der Waals surface area (Å²) in [5.41, 5.74) is 6.37. The van der Waals surface area contributed by atoms with Crippen molar-refractivity contribution in [3.8, 4) is 16.9 Å². The van der Waals surface area contributed by atoms with Crippen LogP contribution >= 0.6 is 0 Å². The number of esters is 2. The average Bonchev–Trinajstić information content (AvgIpc) is 3.87. The van der Waals surface area contributed by atoms with Gasteiger partial charge in [0.15, 0.2) is 5.69 Å². The van der Waals surface area contributed by atoms with Crippen molar-refractivity contribution < 1.29 is 33.4 Å². The maximum absolute atomic E-state index is 13.7. The molecule has 46 heavy (non-hydrogen) atoms. The molecule has 0 atom stereocenters. The highest BCUT2D eigenvalue weighted by Crippen LogP contribution is 2.35. The SMILES string of the molecule is C=Cc1cc(C(=O)Nc2ccc(C(=N)N)cc2)c(-c2ccc(C(=O)NCC3CC3)nc2C(=O)OCOC(=O)C(C)(C)C)cc1OC. The number of nitrogens with zero attached hydrogens (tertiary/aromatic N) is 1. The van der Waals surface area contributed by atoms with Crippen molar-refractivity contribution in [1.29, 1.82) is 5.41 Å². The van der Waals surface area contributed by atoms with E-state index in [2.05, 4.69) is 22.2 Å². The second-order valence-corrected chi connectivity index (χ2v) is 11.8. The van der Waals surface area contributed by atoms with Gasteiger partial charge in [0.2, 0.25) is 6.79 Å². The van der Waals surface area contributed by atoms with Crippen LogP contribution in [0.2, 0.25) is 0 Å². The number of carbonyl (C=O) groups excluding carboxylic acids is 4. The molecule has 4 rings (SSSR count). The molecule has 3 aromatic rings. The summed E-state index contributed by atoms with van der Waals surface area (Å²) in [4.78, 5) is 56.7. The maximum Gasteiger partial charge on any atom is 0.360 e. The van der Waals surface area contributed by atoms with Crippen LogP contribution in [0, 0.1) is 16.7 Å². The molecule has 0 saturated heterocycles. The number of amides is 2. The average molecular weight is 628 g/mol. The van der Waals surface area contributed by atoms with E-state index in [1.807, 2.05) is 0 Å². The van der Waals surface area contributed by atoms with Gasteiger partial charge in [-0.1, -0.05) is 12.7 Å². The molecule has 1 heterocycles. The highest BCUT2D eigenvalue weighted by molar-refractivity contribution is 6.11. The Morgan fingerprint density at radius 2 is 1.72 bits per heavy atom. The van der Waals surface area contributed by atoms with E-state index in [0.717, 1.165) is 12.8 Å². The summed E-state index contributed by atoms with van der Waals surface area (Å²) in [6, 6.07) is 12.5. The number of benzene rings is 2. The van der Waals surface area contributed by atoms with Crippen LogP contribution in [0.5, 0.6) is 5.75 Å². The Balaban J connectivity index is 1.76. The fourth-order valence-electron chi connectivity index (χ4n) is 4.30. The lowest BCUT2D eigenvalue weighted by Crippen LogP contribution is -2.27. The van der Waals surface area contributed by atoms with Crippen LogP contribution in [0.25, 0.3) is 17.2 Å². The summed E-state index contributed by atoms with van der Waals surface area (Å²) >= 11 is 0. The van der Waals surface area contributed by atoms with Gasteiger partial charge in [-0.3, -0.25) is 19.8 Å². The molecule has 0 aliphatic heterocycles. The van der Waals surface area contributed by atoms with Crippen molar-refractivity contribution in [3.05, 3.63) is 83.2 Å². The number of nitrogens with two attached hydrogens (primary N) is 1. The van der Waals surface area contributed by atoms with E-state index >= 15 is 0 Å². The highest BCUT2D eigenvalue weighted by atomic mass is 16.7. The Kier molecular flexibility index (Phi) is 10.2. The monoisotopic (exact) mass is 627 g/mol. The van der Waals surface area contributed by atoms with Crippen LogP contribution in [0.3, 0.4) is 0 Å². The molecule has 12 nitrogen and oxygen atoms in total. The molecule has 1 aliphatic carbocycles. The smallest absolute Gasteiger partial charge is 0.360 e. The molecule has 1 fully saturated rings. The normalized spacial score (nSPS) is 12.4. The quantitative estimate of drug-likeness (QED) is 0.0950. The number of ether oxygens (including phenoxy) is 3. The molecule has 0 spiro atoms. The van der Waals surface area contributed by atoms with Gasteiger partial charge in [0, 0.05) is 40.0 Å². The van der Waals surface area contributed by atoms with Gasteiger partial charge in [0.05, 0.1) is 12.5 Å². The van der Waals surface area contributed by atoms with Crippen molar-refractivity contribution in [2.75, 3.05) is 25.8 Å². The predicted molar refractivity (Wildman–Crippen MR) is 173 cm³/mol. The third-order valence-electron chi connectivity index (χ3n) is 7.14. The van der Waals surface area contributed by atoms with Crippen molar-refractivity contribution in [3.63, 3.8) is 0 Å². The lowest BCUT2D eigenvalue weighted by molar-refractivity contribution is -0.161. The van der Waals surface area contributed by atoms with Gasteiger partial charge in [0.25, 0.3) is 11.8 Å². The van der Waals surface area contributed by atoms with E-state index in [-0.39, 0.29) is 33.9 Å². The van der Waals surface area contributed by atoms with Crippen LogP contribution in [-0.4, -0.2) is 55.0 Å². The fourth-order valence-corrected chi connectivity index (χ4v) is 4.30. The molecule has 0 unspecified atom stereocenters. The summed E-state index contributed by atoms with van der Waals surface area (Å²) < 4.78 is 15.9. The number of methoxy groups -OCH3 is 1. The first kappa shape index (κ1) is 33.4. The van der Waals surface area contributed by atoms with Gasteiger partial charge in [-0.05, 0) is 88.1 Å². The van der Waals surface area contributed by atoms with E-state index in [1.165, 1.54) is 25.3 Å². The number of hydrogen-bond acceptors (Lipinski definition) is 9. The molecule has 240 valence electrons. The molecular formula is C34H37N5O7. The van der Waals surface area contributed by atoms with Crippen LogP contribution in [0.15, 0.2) is 55.1 Å². The van der Waals surface area contributed by atoms with Crippen molar-refractivity contribution in [1.82, 2.24) is 10.3 Å². The van der Waals surface area contributed by atoms with Crippen molar-refractivity contribution >= 4 is 41.4 Å². The molecule has 5 N–H and O–H groups in total. The van der Waals surface area contributed by atoms with Crippen LogP contribution in [-0.2, 0) is 14.3 Å². The third kappa shape index (κ3) is 8.14. The third-order valence-corrected chi connectivity index (χ3v) is 7.14. The van der Waals surface area contributed by atoms with E-state index in [1.54, 1.807) is 57.2 Å². The Morgan fingerprint density at radius 3 is 2.30 bits per heavy atom. The van der Waals surface area contributed by atoms with E-state index in [0.29, 0.717) is 35.0 Å². The second-order valence-electron chi connectivity index (χ2n) is 11.8. The Hall–Kier alpha value is -5.52. The van der Waals surface area contributed by atoms with Gasteiger partial charge in [-0.2, -0.15) is 0 Å². The van der Waals surface area contributed by atoms with Gasteiger partial charge in [-0.25, -0.2) is 9.78 Å². The highest BCUT2D eigenvalue weighted by Gasteiger charge is 2.27.